The quantitative estimate of drug-likeness (QED) is 0.519. The van der Waals surface area contributed by atoms with Gasteiger partial charge in [-0.15, -0.1) is 11.3 Å². The number of carbonyl (C=O) groups is 3. The van der Waals surface area contributed by atoms with Crippen LogP contribution >= 0.6 is 11.3 Å². The predicted molar refractivity (Wildman–Crippen MR) is 100 cm³/mol. The summed E-state index contributed by atoms with van der Waals surface area (Å²) in [5.41, 5.74) is 8.06. The average molecular weight is 386 g/mol. The second-order valence-corrected chi connectivity index (χ2v) is 6.96. The minimum atomic E-state index is -0.628. The van der Waals surface area contributed by atoms with E-state index < -0.39 is 24.4 Å². The van der Waals surface area contributed by atoms with Crippen molar-refractivity contribution in [3.05, 3.63) is 57.5 Å². The van der Waals surface area contributed by atoms with E-state index in [2.05, 4.69) is 10.9 Å². The van der Waals surface area contributed by atoms with Crippen LogP contribution < -0.4 is 10.9 Å². The lowest BCUT2D eigenvalue weighted by Gasteiger charge is -2.07. The highest BCUT2D eigenvalue weighted by molar-refractivity contribution is 7.12. The van der Waals surface area contributed by atoms with E-state index in [-0.39, 0.29) is 6.42 Å². The standard InChI is InChI=1S/C19H18N2O5S/c1-11-6-14-13(9-25-15(14)7-12(11)2)8-18(23)26-10-17(22)20-21-19(24)16-4-3-5-27-16/h3-7,9H,8,10H2,1-2H3,(H,20,22)(H,21,24). The van der Waals surface area contributed by atoms with Crippen LogP contribution in [0.25, 0.3) is 11.0 Å². The molecule has 2 aromatic heterocycles. The Balaban J connectivity index is 1.49. The van der Waals surface area contributed by atoms with E-state index in [1.807, 2.05) is 26.0 Å². The van der Waals surface area contributed by atoms with Crippen molar-refractivity contribution in [1.29, 1.82) is 0 Å². The zero-order valence-electron chi connectivity index (χ0n) is 14.8. The number of hydrazine groups is 1. The van der Waals surface area contributed by atoms with Gasteiger partial charge in [0, 0.05) is 10.9 Å². The third-order valence-electron chi connectivity index (χ3n) is 4.03. The van der Waals surface area contributed by atoms with Gasteiger partial charge in [-0.1, -0.05) is 6.07 Å². The molecule has 140 valence electrons. The van der Waals surface area contributed by atoms with E-state index in [1.165, 1.54) is 17.6 Å². The molecule has 0 radical (unpaired) electrons. The van der Waals surface area contributed by atoms with E-state index in [1.54, 1.807) is 17.5 Å². The number of aryl methyl sites for hydroxylation is 2. The number of benzene rings is 1. The molecule has 2 amide bonds. The molecule has 0 saturated heterocycles. The van der Waals surface area contributed by atoms with Crippen LogP contribution in [0, 0.1) is 13.8 Å². The van der Waals surface area contributed by atoms with Crippen LogP contribution in [0.3, 0.4) is 0 Å². The normalized spacial score (nSPS) is 10.6. The Bertz CT molecular complexity index is 991. The monoisotopic (exact) mass is 386 g/mol. The first-order valence-corrected chi connectivity index (χ1v) is 9.07. The number of furan rings is 1. The molecule has 8 heteroatoms. The van der Waals surface area contributed by atoms with Gasteiger partial charge in [0.15, 0.2) is 6.61 Å². The zero-order valence-corrected chi connectivity index (χ0v) is 15.6. The van der Waals surface area contributed by atoms with Crippen LogP contribution in [-0.2, 0) is 20.7 Å². The molecule has 0 saturated carbocycles. The summed E-state index contributed by atoms with van der Waals surface area (Å²) in [6.45, 7) is 3.48. The first-order valence-electron chi connectivity index (χ1n) is 8.19. The molecule has 0 fully saturated rings. The van der Waals surface area contributed by atoms with Gasteiger partial charge in [0.2, 0.25) is 0 Å². The molecule has 0 aliphatic carbocycles. The van der Waals surface area contributed by atoms with Crippen molar-refractivity contribution in [2.45, 2.75) is 20.3 Å². The summed E-state index contributed by atoms with van der Waals surface area (Å²) in [4.78, 5) is 35.9. The van der Waals surface area contributed by atoms with Gasteiger partial charge in [-0.25, -0.2) is 0 Å². The maximum absolute atomic E-state index is 12.0. The van der Waals surface area contributed by atoms with Gasteiger partial charge in [0.25, 0.3) is 11.8 Å². The lowest BCUT2D eigenvalue weighted by molar-refractivity contribution is -0.148. The largest absolute Gasteiger partial charge is 0.464 e. The fourth-order valence-corrected chi connectivity index (χ4v) is 3.08. The summed E-state index contributed by atoms with van der Waals surface area (Å²) in [5.74, 6) is -1.62. The maximum Gasteiger partial charge on any atom is 0.310 e. The van der Waals surface area contributed by atoms with Crippen LogP contribution in [0.1, 0.15) is 26.4 Å². The number of fused-ring (bicyclic) bond motifs is 1. The molecule has 7 nitrogen and oxygen atoms in total. The Morgan fingerprint density at radius 2 is 1.93 bits per heavy atom. The molecule has 3 aromatic rings. The summed E-state index contributed by atoms with van der Waals surface area (Å²) < 4.78 is 10.4. The van der Waals surface area contributed by atoms with Gasteiger partial charge >= 0.3 is 5.97 Å². The number of hydrogen-bond acceptors (Lipinski definition) is 6. The van der Waals surface area contributed by atoms with Gasteiger partial charge in [-0.2, -0.15) is 0 Å². The van der Waals surface area contributed by atoms with Crippen molar-refractivity contribution in [2.24, 2.45) is 0 Å². The minimum Gasteiger partial charge on any atom is -0.464 e. The number of hydrogen-bond donors (Lipinski definition) is 2. The highest BCUT2D eigenvalue weighted by Crippen LogP contribution is 2.25. The Morgan fingerprint density at radius 1 is 1.15 bits per heavy atom. The van der Waals surface area contributed by atoms with E-state index in [0.29, 0.717) is 16.0 Å². The smallest absolute Gasteiger partial charge is 0.310 e. The molecule has 0 spiro atoms. The van der Waals surface area contributed by atoms with Crippen molar-refractivity contribution in [3.63, 3.8) is 0 Å². The molecule has 3 rings (SSSR count). The molecule has 2 heterocycles. The van der Waals surface area contributed by atoms with Crippen LogP contribution in [-0.4, -0.2) is 24.4 Å². The molecular formula is C19H18N2O5S. The summed E-state index contributed by atoms with van der Waals surface area (Å²) in [6, 6.07) is 7.24. The number of carbonyl (C=O) groups excluding carboxylic acids is 3. The Hall–Kier alpha value is -3.13. The molecule has 2 N–H and O–H groups in total. The van der Waals surface area contributed by atoms with Crippen LogP contribution in [0.15, 0.2) is 40.3 Å². The van der Waals surface area contributed by atoms with E-state index in [0.717, 1.165) is 16.5 Å². The Labute approximate surface area is 159 Å². The average Bonchev–Trinajstić information content (AvgIpc) is 3.30. The highest BCUT2D eigenvalue weighted by atomic mass is 32.1. The van der Waals surface area contributed by atoms with Crippen molar-refractivity contribution in [1.82, 2.24) is 10.9 Å². The molecule has 0 bridgehead atoms. The Morgan fingerprint density at radius 3 is 2.67 bits per heavy atom. The van der Waals surface area contributed by atoms with Gasteiger partial charge in [0.05, 0.1) is 17.6 Å². The van der Waals surface area contributed by atoms with E-state index >= 15 is 0 Å². The van der Waals surface area contributed by atoms with Crippen molar-refractivity contribution in [2.75, 3.05) is 6.61 Å². The van der Waals surface area contributed by atoms with Crippen molar-refractivity contribution in [3.8, 4) is 0 Å². The number of thiophene rings is 1. The fraction of sp³-hybridized carbons (Fsp3) is 0.211. The number of ether oxygens (including phenoxy) is 1. The molecule has 0 atom stereocenters. The van der Waals surface area contributed by atoms with Crippen molar-refractivity contribution >= 4 is 40.1 Å². The van der Waals surface area contributed by atoms with E-state index in [4.69, 9.17) is 9.15 Å². The Kier molecular flexibility index (Phi) is 5.56. The highest BCUT2D eigenvalue weighted by Gasteiger charge is 2.14. The van der Waals surface area contributed by atoms with Gasteiger partial charge in [0.1, 0.15) is 5.58 Å². The summed E-state index contributed by atoms with van der Waals surface area (Å²) in [6.07, 6.45) is 1.51. The molecular weight excluding hydrogens is 368 g/mol. The predicted octanol–water partition coefficient (Wildman–Crippen LogP) is 2.66. The lowest BCUT2D eigenvalue weighted by Crippen LogP contribution is -2.43. The first-order chi connectivity index (χ1) is 12.9. The third kappa shape index (κ3) is 4.53. The topological polar surface area (TPSA) is 97.6 Å². The second-order valence-electron chi connectivity index (χ2n) is 6.01. The SMILES string of the molecule is Cc1cc2occ(CC(=O)OCC(=O)NNC(=O)c3cccs3)c2cc1C. The van der Waals surface area contributed by atoms with Crippen LogP contribution in [0.4, 0.5) is 0 Å². The lowest BCUT2D eigenvalue weighted by atomic mass is 10.0. The van der Waals surface area contributed by atoms with Crippen LogP contribution in [0.5, 0.6) is 0 Å². The molecule has 0 aliphatic heterocycles. The summed E-state index contributed by atoms with van der Waals surface area (Å²) in [5, 5.41) is 2.60. The first kappa shape index (κ1) is 18.7. The third-order valence-corrected chi connectivity index (χ3v) is 4.90. The number of nitrogens with one attached hydrogen (secondary N) is 2. The fourth-order valence-electron chi connectivity index (χ4n) is 2.46. The van der Waals surface area contributed by atoms with Crippen molar-refractivity contribution < 1.29 is 23.5 Å². The molecule has 0 unspecified atom stereocenters. The number of esters is 1. The van der Waals surface area contributed by atoms with Gasteiger partial charge in [-0.3, -0.25) is 25.2 Å². The summed E-state index contributed by atoms with van der Waals surface area (Å²) >= 11 is 1.25. The number of rotatable bonds is 5. The minimum absolute atomic E-state index is 0.00959. The van der Waals surface area contributed by atoms with Crippen LogP contribution in [0.2, 0.25) is 0 Å². The number of amides is 2. The van der Waals surface area contributed by atoms with Gasteiger partial charge in [-0.05, 0) is 48.6 Å². The maximum atomic E-state index is 12.0. The zero-order chi connectivity index (χ0) is 19.4. The van der Waals surface area contributed by atoms with E-state index in [9.17, 15) is 14.4 Å². The molecule has 1 aromatic carbocycles. The molecule has 0 aliphatic rings. The molecule has 27 heavy (non-hydrogen) atoms. The summed E-state index contributed by atoms with van der Waals surface area (Å²) in [7, 11) is 0. The second kappa shape index (κ2) is 8.05. The van der Waals surface area contributed by atoms with Gasteiger partial charge < -0.3 is 9.15 Å².